The molecule has 12 nitrogen and oxygen atoms in total. The second-order valence-corrected chi connectivity index (χ2v) is 12.8. The fraction of sp³-hybridized carbons (Fsp3) is 0.297. The minimum atomic E-state index is -5.08. The second kappa shape index (κ2) is 15.6. The Labute approximate surface area is 297 Å². The third-order valence-corrected chi connectivity index (χ3v) is 8.44. The fourth-order valence-corrected chi connectivity index (χ4v) is 5.76. The van der Waals surface area contributed by atoms with Crippen molar-refractivity contribution in [3.8, 4) is 11.5 Å². The molecule has 0 aliphatic heterocycles. The molecular weight excluding hydrogens is 679 g/mol. The van der Waals surface area contributed by atoms with Crippen LogP contribution in [0.4, 0.5) is 13.2 Å². The summed E-state index contributed by atoms with van der Waals surface area (Å²) in [5.41, 5.74) is 10.5. The Bertz CT molecular complexity index is 2140. The third-order valence-electron chi connectivity index (χ3n) is 8.44. The number of aromatic nitrogens is 5. The quantitative estimate of drug-likeness (QED) is 0.105. The van der Waals surface area contributed by atoms with Crippen molar-refractivity contribution in [3.05, 3.63) is 107 Å². The van der Waals surface area contributed by atoms with Gasteiger partial charge in [0.1, 0.15) is 17.3 Å². The Hall–Kier alpha value is -5.83. The Balaban J connectivity index is 0.000000679. The highest BCUT2D eigenvalue weighted by Crippen LogP contribution is 2.28. The number of fused-ring (bicyclic) bond motifs is 2. The number of amides is 1. The Morgan fingerprint density at radius 2 is 1.42 bits per heavy atom. The summed E-state index contributed by atoms with van der Waals surface area (Å²) in [6, 6.07) is 21.7. The lowest BCUT2D eigenvalue weighted by atomic mass is 10.0. The molecule has 6 aromatic rings. The van der Waals surface area contributed by atoms with Gasteiger partial charge in [-0.25, -0.2) is 4.79 Å². The van der Waals surface area contributed by atoms with Crippen LogP contribution < -0.4 is 20.5 Å². The molecule has 6 rings (SSSR count). The van der Waals surface area contributed by atoms with Gasteiger partial charge in [-0.15, -0.1) is 10.2 Å². The van der Waals surface area contributed by atoms with E-state index in [-0.39, 0.29) is 5.91 Å². The van der Waals surface area contributed by atoms with Crippen molar-refractivity contribution in [1.29, 1.82) is 0 Å². The maximum Gasteiger partial charge on any atom is 0.490 e. The van der Waals surface area contributed by atoms with Gasteiger partial charge in [0, 0.05) is 53.1 Å². The van der Waals surface area contributed by atoms with E-state index >= 15 is 0 Å². The molecule has 274 valence electrons. The molecule has 0 bridgehead atoms. The van der Waals surface area contributed by atoms with Gasteiger partial charge in [-0.1, -0.05) is 36.4 Å². The van der Waals surface area contributed by atoms with E-state index in [1.807, 2.05) is 54.7 Å². The number of aryl methyl sites for hydroxylation is 2. The first-order valence-electron chi connectivity index (χ1n) is 16.3. The maximum absolute atomic E-state index is 13.4. The molecule has 52 heavy (non-hydrogen) atoms. The first kappa shape index (κ1) is 37.4. The first-order valence-corrected chi connectivity index (χ1v) is 16.3. The van der Waals surface area contributed by atoms with Crippen LogP contribution >= 0.6 is 0 Å². The molecular formula is C37H40F3N7O5. The van der Waals surface area contributed by atoms with Gasteiger partial charge < -0.3 is 40.2 Å². The lowest BCUT2D eigenvalue weighted by Crippen LogP contribution is -2.50. The monoisotopic (exact) mass is 719 g/mol. The van der Waals surface area contributed by atoms with Gasteiger partial charge in [-0.2, -0.15) is 13.2 Å². The number of nitrogens with zero attached hydrogens (tertiary/aromatic N) is 3. The molecule has 0 radical (unpaired) electrons. The van der Waals surface area contributed by atoms with Crippen molar-refractivity contribution in [2.45, 2.75) is 57.4 Å². The van der Waals surface area contributed by atoms with Crippen LogP contribution in [0.25, 0.3) is 21.8 Å². The van der Waals surface area contributed by atoms with Crippen molar-refractivity contribution < 1.29 is 37.3 Å². The summed E-state index contributed by atoms with van der Waals surface area (Å²) in [5, 5.41) is 22.0. The van der Waals surface area contributed by atoms with E-state index in [9.17, 15) is 18.0 Å². The number of ether oxygens (including phenoxy) is 2. The number of para-hydroxylation sites is 2. The molecule has 15 heteroatoms. The minimum absolute atomic E-state index is 0.273. The molecule has 0 unspecified atom stereocenters. The number of aliphatic carboxylic acids is 1. The van der Waals surface area contributed by atoms with E-state index in [2.05, 4.69) is 44.2 Å². The zero-order valence-corrected chi connectivity index (χ0v) is 29.0. The number of aromatic amines is 2. The van der Waals surface area contributed by atoms with E-state index in [0.29, 0.717) is 36.7 Å². The number of H-pyrrole nitrogens is 2. The molecule has 1 amide bonds. The number of benzene rings is 3. The number of alkyl halides is 3. The molecule has 0 saturated carbocycles. The number of hydrogen-bond donors (Lipinski definition) is 5. The standard InChI is InChI=1S/C35H39N7O3.C2HF3O2/c1-35(2,36)34(43)39-31(17-24-20-38-30-12-8-6-10-28(24)30)33-41-40-32(14-13-23-19-37-29-11-7-5-9-27(23)29)42(33)21-22-15-25(44-3)18-26(16-22)45-4;3-2(4,5)1(6)7/h5-12,15-16,18-20,31,37-38H,13-14,17,21,36H2,1-4H3,(H,39,43);(H,6,7)/t31-;/m1./s1. The lowest BCUT2D eigenvalue weighted by Gasteiger charge is -2.25. The predicted octanol–water partition coefficient (Wildman–Crippen LogP) is 5.86. The number of nitrogens with two attached hydrogens (primary N) is 1. The van der Waals surface area contributed by atoms with E-state index in [4.69, 9.17) is 35.3 Å². The van der Waals surface area contributed by atoms with Crippen LogP contribution in [0, 0.1) is 0 Å². The number of carbonyl (C=O) groups excluding carboxylic acids is 1. The van der Waals surface area contributed by atoms with Gasteiger partial charge in [0.05, 0.1) is 32.3 Å². The highest BCUT2D eigenvalue weighted by Gasteiger charge is 2.38. The largest absolute Gasteiger partial charge is 0.497 e. The van der Waals surface area contributed by atoms with Gasteiger partial charge in [0.25, 0.3) is 0 Å². The summed E-state index contributed by atoms with van der Waals surface area (Å²) in [6.07, 6.45) is 0.865. The van der Waals surface area contributed by atoms with Gasteiger partial charge in [-0.05, 0) is 61.2 Å². The number of hydrogen-bond acceptors (Lipinski definition) is 7. The van der Waals surface area contributed by atoms with Gasteiger partial charge in [0.2, 0.25) is 5.91 Å². The van der Waals surface area contributed by atoms with Crippen molar-refractivity contribution >= 4 is 33.7 Å². The highest BCUT2D eigenvalue weighted by molar-refractivity contribution is 5.86. The van der Waals surface area contributed by atoms with Crippen LogP contribution in [-0.2, 0) is 35.4 Å². The van der Waals surface area contributed by atoms with Crippen molar-refractivity contribution in [1.82, 2.24) is 30.0 Å². The lowest BCUT2D eigenvalue weighted by molar-refractivity contribution is -0.192. The SMILES string of the molecule is COc1cc(Cn2c(CCc3c[nH]c4ccccc34)nnc2[C@@H](Cc2c[nH]c3ccccc23)NC(=O)C(C)(C)N)cc(OC)c1.O=C(O)C(F)(F)F. The van der Waals surface area contributed by atoms with E-state index in [1.54, 1.807) is 28.1 Å². The smallest absolute Gasteiger partial charge is 0.490 e. The minimum Gasteiger partial charge on any atom is -0.497 e. The van der Waals surface area contributed by atoms with E-state index in [0.717, 1.165) is 39.8 Å². The van der Waals surface area contributed by atoms with Crippen LogP contribution in [0.15, 0.2) is 79.1 Å². The molecule has 0 fully saturated rings. The van der Waals surface area contributed by atoms with Gasteiger partial charge in [0.15, 0.2) is 5.82 Å². The Morgan fingerprint density at radius 3 is 1.96 bits per heavy atom. The zero-order chi connectivity index (χ0) is 37.6. The molecule has 3 aromatic heterocycles. The summed E-state index contributed by atoms with van der Waals surface area (Å²) in [5.74, 6) is -0.200. The Morgan fingerprint density at radius 1 is 0.885 bits per heavy atom. The predicted molar refractivity (Wildman–Crippen MR) is 189 cm³/mol. The summed E-state index contributed by atoms with van der Waals surface area (Å²) in [6.45, 7) is 3.85. The maximum atomic E-state index is 13.4. The van der Waals surface area contributed by atoms with Crippen molar-refractivity contribution in [3.63, 3.8) is 0 Å². The number of methoxy groups -OCH3 is 2. The number of carboxylic acid groups (broad SMARTS) is 1. The van der Waals surface area contributed by atoms with Gasteiger partial charge in [-0.3, -0.25) is 4.79 Å². The summed E-state index contributed by atoms with van der Waals surface area (Å²) in [7, 11) is 3.27. The average Bonchev–Trinajstić information content (AvgIpc) is 3.83. The second-order valence-electron chi connectivity index (χ2n) is 12.8. The molecule has 0 aliphatic rings. The summed E-state index contributed by atoms with van der Waals surface area (Å²) in [4.78, 5) is 29.0. The van der Waals surface area contributed by atoms with E-state index in [1.165, 1.54) is 10.9 Å². The van der Waals surface area contributed by atoms with Crippen molar-refractivity contribution in [2.24, 2.45) is 5.73 Å². The zero-order valence-electron chi connectivity index (χ0n) is 29.0. The van der Waals surface area contributed by atoms with Crippen molar-refractivity contribution in [2.75, 3.05) is 14.2 Å². The normalized spacial score (nSPS) is 12.3. The molecule has 3 heterocycles. The van der Waals surface area contributed by atoms with E-state index < -0.39 is 23.7 Å². The molecule has 0 saturated heterocycles. The Kier molecular flexibility index (Phi) is 11.2. The highest BCUT2D eigenvalue weighted by atomic mass is 19.4. The number of rotatable bonds is 12. The third kappa shape index (κ3) is 8.90. The molecule has 6 N–H and O–H groups in total. The van der Waals surface area contributed by atoms with Crippen LogP contribution in [0.1, 0.15) is 48.2 Å². The summed E-state index contributed by atoms with van der Waals surface area (Å²) >= 11 is 0. The molecule has 0 aliphatic carbocycles. The topological polar surface area (TPSA) is 173 Å². The van der Waals surface area contributed by atoms with Crippen LogP contribution in [-0.4, -0.2) is 67.7 Å². The number of carbonyl (C=O) groups is 2. The number of halogens is 3. The first-order chi connectivity index (χ1) is 24.7. The van der Waals surface area contributed by atoms with Crippen LogP contribution in [0.3, 0.4) is 0 Å². The number of carboxylic acids is 1. The summed E-state index contributed by atoms with van der Waals surface area (Å²) < 4.78 is 45.0. The van der Waals surface area contributed by atoms with Crippen LogP contribution in [0.5, 0.6) is 11.5 Å². The molecule has 3 aromatic carbocycles. The van der Waals surface area contributed by atoms with Gasteiger partial charge >= 0.3 is 12.1 Å². The molecule has 0 spiro atoms. The fourth-order valence-electron chi connectivity index (χ4n) is 5.76. The number of nitrogens with one attached hydrogen (secondary N) is 3. The molecule has 1 atom stereocenters. The van der Waals surface area contributed by atoms with Crippen LogP contribution in [0.2, 0.25) is 0 Å². The average molecular weight is 720 g/mol.